The number of hydrogen-bond acceptors (Lipinski definition) is 5. The summed E-state index contributed by atoms with van der Waals surface area (Å²) in [4.78, 5) is 7.16. The fraction of sp³-hybridized carbons (Fsp3) is 0. The molecule has 60 heavy (non-hydrogen) atoms. The molecule has 5 heteroatoms. The van der Waals surface area contributed by atoms with Gasteiger partial charge in [-0.3, -0.25) is 0 Å². The van der Waals surface area contributed by atoms with E-state index in [4.69, 9.17) is 13.8 Å². The van der Waals surface area contributed by atoms with E-state index in [9.17, 15) is 0 Å². The molecule has 0 aliphatic rings. The van der Waals surface area contributed by atoms with Gasteiger partial charge in [0.2, 0.25) is 5.89 Å². The van der Waals surface area contributed by atoms with Crippen molar-refractivity contribution in [1.29, 1.82) is 0 Å². The first-order chi connectivity index (χ1) is 29.7. The number of nitrogens with zero attached hydrogens (tertiary/aromatic N) is 2. The Morgan fingerprint density at radius 2 is 0.933 bits per heavy atom. The van der Waals surface area contributed by atoms with Crippen LogP contribution in [-0.2, 0) is 0 Å². The maximum atomic E-state index is 6.33. The van der Waals surface area contributed by atoms with E-state index >= 15 is 0 Å². The second-order valence-corrected chi connectivity index (χ2v) is 16.2. The van der Waals surface area contributed by atoms with E-state index < -0.39 is 0 Å². The van der Waals surface area contributed by atoms with Crippen molar-refractivity contribution < 1.29 is 8.83 Å². The van der Waals surface area contributed by atoms with Gasteiger partial charge in [-0.15, -0.1) is 11.3 Å². The van der Waals surface area contributed by atoms with Gasteiger partial charge in [0.25, 0.3) is 0 Å². The average molecular weight is 787 g/mol. The molecule has 0 fully saturated rings. The summed E-state index contributed by atoms with van der Waals surface area (Å²) in [5, 5.41) is 4.69. The van der Waals surface area contributed by atoms with Crippen molar-refractivity contribution in [3.8, 4) is 44.8 Å². The predicted octanol–water partition coefficient (Wildman–Crippen LogP) is 16.2. The molecular weight excluding hydrogens is 753 g/mol. The highest BCUT2D eigenvalue weighted by Crippen LogP contribution is 2.43. The largest absolute Gasteiger partial charge is 0.456 e. The number of fused-ring (bicyclic) bond motifs is 7. The summed E-state index contributed by atoms with van der Waals surface area (Å²) >= 11 is 1.85. The lowest BCUT2D eigenvalue weighted by Gasteiger charge is -2.26. The first-order valence-electron chi connectivity index (χ1n) is 20.1. The molecule has 0 radical (unpaired) electrons. The smallest absolute Gasteiger partial charge is 0.227 e. The Morgan fingerprint density at radius 1 is 0.367 bits per heavy atom. The van der Waals surface area contributed by atoms with Crippen molar-refractivity contribution in [2.24, 2.45) is 0 Å². The zero-order valence-corrected chi connectivity index (χ0v) is 33.1. The van der Waals surface area contributed by atoms with Crippen LogP contribution in [0.4, 0.5) is 17.1 Å². The van der Waals surface area contributed by atoms with Crippen LogP contribution in [-0.4, -0.2) is 4.98 Å². The van der Waals surface area contributed by atoms with Gasteiger partial charge in [0, 0.05) is 59.6 Å². The van der Waals surface area contributed by atoms with Gasteiger partial charge in [0.1, 0.15) is 16.7 Å². The van der Waals surface area contributed by atoms with Gasteiger partial charge in [-0.05, 0) is 112 Å². The molecule has 12 aromatic rings. The van der Waals surface area contributed by atoms with Crippen LogP contribution in [0.25, 0.3) is 98.0 Å². The summed E-state index contributed by atoms with van der Waals surface area (Å²) in [7, 11) is 0. The lowest BCUT2D eigenvalue weighted by Crippen LogP contribution is -2.09. The number of benzene rings is 9. The van der Waals surface area contributed by atoms with Gasteiger partial charge in [-0.25, -0.2) is 4.98 Å². The van der Waals surface area contributed by atoms with E-state index in [1.54, 1.807) is 0 Å². The quantitative estimate of drug-likeness (QED) is 0.161. The molecule has 0 amide bonds. The van der Waals surface area contributed by atoms with Crippen LogP contribution in [0.2, 0.25) is 0 Å². The second-order valence-electron chi connectivity index (χ2n) is 15.1. The van der Waals surface area contributed by atoms with Crippen molar-refractivity contribution in [2.75, 3.05) is 4.90 Å². The molecule has 282 valence electrons. The van der Waals surface area contributed by atoms with Crippen LogP contribution >= 0.6 is 11.3 Å². The van der Waals surface area contributed by atoms with Gasteiger partial charge < -0.3 is 13.7 Å². The van der Waals surface area contributed by atoms with E-state index in [-0.39, 0.29) is 0 Å². The molecule has 9 aromatic carbocycles. The third-order valence-electron chi connectivity index (χ3n) is 11.5. The summed E-state index contributed by atoms with van der Waals surface area (Å²) < 4.78 is 15.1. The Balaban J connectivity index is 0.913. The fourth-order valence-electron chi connectivity index (χ4n) is 8.57. The van der Waals surface area contributed by atoms with Crippen LogP contribution < -0.4 is 4.90 Å². The molecule has 3 heterocycles. The molecule has 0 aliphatic carbocycles. The maximum Gasteiger partial charge on any atom is 0.227 e. The predicted molar refractivity (Wildman–Crippen MR) is 251 cm³/mol. The maximum absolute atomic E-state index is 6.33. The zero-order chi connectivity index (χ0) is 39.6. The van der Waals surface area contributed by atoms with Gasteiger partial charge in [-0.2, -0.15) is 0 Å². The third kappa shape index (κ3) is 5.86. The topological polar surface area (TPSA) is 42.4 Å². The van der Waals surface area contributed by atoms with Crippen LogP contribution in [0.1, 0.15) is 0 Å². The van der Waals surface area contributed by atoms with Crippen LogP contribution in [0.5, 0.6) is 0 Å². The molecular formula is C55H34N2O2S. The van der Waals surface area contributed by atoms with Crippen LogP contribution in [0.15, 0.2) is 215 Å². The zero-order valence-electron chi connectivity index (χ0n) is 32.2. The monoisotopic (exact) mass is 786 g/mol. The first-order valence-corrected chi connectivity index (χ1v) is 20.9. The van der Waals surface area contributed by atoms with Crippen LogP contribution in [0, 0.1) is 0 Å². The summed E-state index contributed by atoms with van der Waals surface area (Å²) in [5.74, 6) is 0.602. The number of oxazole rings is 1. The molecule has 0 atom stereocenters. The standard InChI is InChI=1S/C55H34N2O2S/c1-3-10-35(11-4-1)36-18-25-41(26-19-36)57(43-29-22-38(23-30-43)44-15-9-17-53-54(44)45-14-7-8-16-52(45)60-53)42-27-20-37(21-28-42)40-24-31-49-46(32-40)47-33-48-51(34-50(47)58-49)59-55(56-48)39-12-5-2-6-13-39/h1-34H. The van der Waals surface area contributed by atoms with Gasteiger partial charge in [-0.1, -0.05) is 121 Å². The molecule has 0 unspecified atom stereocenters. The Morgan fingerprint density at radius 3 is 1.65 bits per heavy atom. The van der Waals surface area contributed by atoms with Crippen molar-refractivity contribution in [2.45, 2.75) is 0 Å². The molecule has 3 aromatic heterocycles. The Hall–Kier alpha value is -7.73. The van der Waals surface area contributed by atoms with E-state index in [2.05, 4.69) is 175 Å². The van der Waals surface area contributed by atoms with Crippen LogP contribution in [0.3, 0.4) is 0 Å². The minimum absolute atomic E-state index is 0.602. The first kappa shape index (κ1) is 34.3. The second kappa shape index (κ2) is 14.0. The molecule has 0 saturated carbocycles. The van der Waals surface area contributed by atoms with Gasteiger partial charge in [0.05, 0.1) is 0 Å². The van der Waals surface area contributed by atoms with Crippen molar-refractivity contribution in [3.63, 3.8) is 0 Å². The van der Waals surface area contributed by atoms with Crippen molar-refractivity contribution >= 4 is 81.6 Å². The molecule has 0 N–H and O–H groups in total. The summed E-state index contributed by atoms with van der Waals surface area (Å²) in [6.07, 6.45) is 0. The highest BCUT2D eigenvalue weighted by Gasteiger charge is 2.18. The van der Waals surface area contributed by atoms with E-state index in [0.717, 1.165) is 61.2 Å². The summed E-state index contributed by atoms with van der Waals surface area (Å²) in [5.41, 5.74) is 14.4. The number of anilines is 3. The number of rotatable bonds is 7. The molecule has 4 nitrogen and oxygen atoms in total. The molecule has 0 saturated heterocycles. The number of hydrogen-bond donors (Lipinski definition) is 0. The molecule has 0 aliphatic heterocycles. The fourth-order valence-corrected chi connectivity index (χ4v) is 9.70. The number of aromatic nitrogens is 1. The van der Waals surface area contributed by atoms with Gasteiger partial charge >= 0.3 is 0 Å². The molecule has 0 spiro atoms. The lowest BCUT2D eigenvalue weighted by atomic mass is 9.99. The van der Waals surface area contributed by atoms with E-state index in [1.165, 1.54) is 42.4 Å². The number of furan rings is 1. The minimum atomic E-state index is 0.602. The number of thiophene rings is 1. The van der Waals surface area contributed by atoms with Crippen molar-refractivity contribution in [1.82, 2.24) is 4.98 Å². The minimum Gasteiger partial charge on any atom is -0.456 e. The Kier molecular flexibility index (Phi) is 8.00. The van der Waals surface area contributed by atoms with E-state index in [0.29, 0.717) is 11.5 Å². The van der Waals surface area contributed by atoms with Gasteiger partial charge in [0.15, 0.2) is 5.58 Å². The van der Waals surface area contributed by atoms with Crippen molar-refractivity contribution in [3.05, 3.63) is 206 Å². The lowest BCUT2D eigenvalue weighted by molar-refractivity contribution is 0.617. The Bertz CT molecular complexity index is 3510. The molecule has 12 rings (SSSR count). The molecule has 0 bridgehead atoms. The third-order valence-corrected chi connectivity index (χ3v) is 12.7. The SMILES string of the molecule is c1ccc(-c2ccc(N(c3ccc(-c4ccc5oc6cc7oc(-c8ccccc8)nc7cc6c5c4)cc3)c3ccc(-c4cccc5sc6ccccc6c45)cc3)cc2)cc1. The van der Waals surface area contributed by atoms with E-state index in [1.807, 2.05) is 47.7 Å². The highest BCUT2D eigenvalue weighted by molar-refractivity contribution is 7.25. The Labute approximate surface area is 349 Å². The summed E-state index contributed by atoms with van der Waals surface area (Å²) in [6, 6.07) is 73.0. The average Bonchev–Trinajstić information content (AvgIpc) is 4.02. The highest BCUT2D eigenvalue weighted by atomic mass is 32.1. The normalized spacial score (nSPS) is 11.7. The summed E-state index contributed by atoms with van der Waals surface area (Å²) in [6.45, 7) is 0.